The van der Waals surface area contributed by atoms with E-state index < -0.39 is 16.8 Å². The van der Waals surface area contributed by atoms with Gasteiger partial charge >= 0.3 is 5.97 Å². The normalized spacial score (nSPS) is 9.96. The highest BCUT2D eigenvalue weighted by Gasteiger charge is 2.11. The number of nitrogens with zero attached hydrogens (tertiary/aromatic N) is 1. The molecule has 0 heterocycles. The second kappa shape index (κ2) is 7.17. The van der Waals surface area contributed by atoms with Gasteiger partial charge in [0.25, 0.3) is 11.6 Å². The van der Waals surface area contributed by atoms with E-state index in [4.69, 9.17) is 0 Å². The van der Waals surface area contributed by atoms with E-state index in [9.17, 15) is 19.7 Å². The van der Waals surface area contributed by atoms with Crippen LogP contribution in [0.25, 0.3) is 0 Å². The van der Waals surface area contributed by atoms with E-state index in [1.165, 1.54) is 31.4 Å². The van der Waals surface area contributed by atoms with Gasteiger partial charge in [-0.15, -0.1) is 0 Å². The minimum atomic E-state index is -0.553. The van der Waals surface area contributed by atoms with Gasteiger partial charge in [-0.25, -0.2) is 4.79 Å². The van der Waals surface area contributed by atoms with Gasteiger partial charge in [-0.3, -0.25) is 14.9 Å². The van der Waals surface area contributed by atoms with E-state index in [0.29, 0.717) is 5.56 Å². The molecule has 0 atom stereocenters. The van der Waals surface area contributed by atoms with Crippen LogP contribution in [0.15, 0.2) is 48.5 Å². The van der Waals surface area contributed by atoms with Crippen LogP contribution in [0, 0.1) is 10.1 Å². The molecular weight excluding hydrogens is 300 g/mol. The largest absolute Gasteiger partial charge is 0.465 e. The quantitative estimate of drug-likeness (QED) is 0.519. The zero-order chi connectivity index (χ0) is 16.8. The van der Waals surface area contributed by atoms with Crippen LogP contribution in [-0.4, -0.2) is 23.9 Å². The van der Waals surface area contributed by atoms with Crippen molar-refractivity contribution in [3.05, 3.63) is 75.3 Å². The Hall–Kier alpha value is -3.22. The first kappa shape index (κ1) is 16.2. The molecule has 1 amide bonds. The molecule has 7 heteroatoms. The van der Waals surface area contributed by atoms with Crippen molar-refractivity contribution >= 4 is 17.6 Å². The van der Waals surface area contributed by atoms with Crippen LogP contribution in [0.1, 0.15) is 26.3 Å². The van der Waals surface area contributed by atoms with Gasteiger partial charge in [-0.2, -0.15) is 0 Å². The summed E-state index contributed by atoms with van der Waals surface area (Å²) in [5.74, 6) is -0.845. The molecule has 23 heavy (non-hydrogen) atoms. The molecule has 0 spiro atoms. The first-order valence-corrected chi connectivity index (χ1v) is 6.71. The third-order valence-electron chi connectivity index (χ3n) is 3.15. The van der Waals surface area contributed by atoms with Crippen LogP contribution in [0.2, 0.25) is 0 Å². The Morgan fingerprint density at radius 3 is 2.43 bits per heavy atom. The van der Waals surface area contributed by atoms with Gasteiger partial charge in [0.2, 0.25) is 0 Å². The lowest BCUT2D eigenvalue weighted by Gasteiger charge is -2.06. The van der Waals surface area contributed by atoms with Crippen molar-refractivity contribution in [3.8, 4) is 0 Å². The van der Waals surface area contributed by atoms with E-state index in [0.717, 1.165) is 5.56 Å². The van der Waals surface area contributed by atoms with Crippen molar-refractivity contribution in [2.24, 2.45) is 0 Å². The van der Waals surface area contributed by atoms with Crippen LogP contribution < -0.4 is 5.32 Å². The summed E-state index contributed by atoms with van der Waals surface area (Å²) in [6, 6.07) is 12.1. The Balaban J connectivity index is 2.00. The zero-order valence-electron chi connectivity index (χ0n) is 12.3. The average molecular weight is 314 g/mol. The SMILES string of the molecule is COC(=O)c1ccc(CNC(=O)c2cccc([N+](=O)[O-])c2)cc1. The van der Waals surface area contributed by atoms with Gasteiger partial charge in [0.15, 0.2) is 0 Å². The van der Waals surface area contributed by atoms with E-state index in [1.54, 1.807) is 24.3 Å². The number of rotatable bonds is 5. The van der Waals surface area contributed by atoms with E-state index in [-0.39, 0.29) is 17.8 Å². The zero-order valence-corrected chi connectivity index (χ0v) is 12.3. The van der Waals surface area contributed by atoms with Crippen molar-refractivity contribution < 1.29 is 19.2 Å². The number of hydrogen-bond donors (Lipinski definition) is 1. The minimum absolute atomic E-state index is 0.139. The molecule has 2 aromatic carbocycles. The first-order valence-electron chi connectivity index (χ1n) is 6.71. The van der Waals surface area contributed by atoms with Gasteiger partial charge in [0.05, 0.1) is 17.6 Å². The summed E-state index contributed by atoms with van der Waals surface area (Å²) in [6.07, 6.45) is 0. The molecule has 0 aliphatic heterocycles. The Morgan fingerprint density at radius 1 is 1.13 bits per heavy atom. The number of ether oxygens (including phenoxy) is 1. The number of nitro benzene ring substituents is 1. The summed E-state index contributed by atoms with van der Waals surface area (Å²) in [7, 11) is 1.30. The molecule has 0 saturated heterocycles. The van der Waals surface area contributed by atoms with Crippen LogP contribution >= 0.6 is 0 Å². The number of non-ortho nitro benzene ring substituents is 1. The van der Waals surface area contributed by atoms with Gasteiger partial charge in [-0.05, 0) is 23.8 Å². The fourth-order valence-corrected chi connectivity index (χ4v) is 1.92. The molecule has 0 saturated carbocycles. The molecule has 0 radical (unpaired) electrons. The van der Waals surface area contributed by atoms with Gasteiger partial charge in [0, 0.05) is 24.2 Å². The number of amides is 1. The van der Waals surface area contributed by atoms with Crippen molar-refractivity contribution in [3.63, 3.8) is 0 Å². The third-order valence-corrected chi connectivity index (χ3v) is 3.15. The minimum Gasteiger partial charge on any atom is -0.465 e. The molecule has 1 N–H and O–H groups in total. The molecule has 0 aliphatic carbocycles. The highest BCUT2D eigenvalue weighted by Crippen LogP contribution is 2.13. The Morgan fingerprint density at radius 2 is 1.83 bits per heavy atom. The van der Waals surface area contributed by atoms with Crippen LogP contribution in [0.5, 0.6) is 0 Å². The van der Waals surface area contributed by atoms with Gasteiger partial charge in [-0.1, -0.05) is 18.2 Å². The Kier molecular flexibility index (Phi) is 5.03. The maximum absolute atomic E-state index is 12.0. The standard InChI is InChI=1S/C16H14N2O5/c1-23-16(20)12-7-5-11(6-8-12)10-17-15(19)13-3-2-4-14(9-13)18(21)22/h2-9H,10H2,1H3,(H,17,19). The van der Waals surface area contributed by atoms with Crippen molar-refractivity contribution in [2.75, 3.05) is 7.11 Å². The predicted molar refractivity (Wildman–Crippen MR) is 82.0 cm³/mol. The number of nitrogens with one attached hydrogen (secondary N) is 1. The number of nitro groups is 1. The molecule has 0 aromatic heterocycles. The van der Waals surface area contributed by atoms with E-state index in [2.05, 4.69) is 10.1 Å². The van der Waals surface area contributed by atoms with E-state index in [1.807, 2.05) is 0 Å². The summed E-state index contributed by atoms with van der Waals surface area (Å²) in [5, 5.41) is 13.4. The second-order valence-electron chi connectivity index (χ2n) is 4.68. The fraction of sp³-hybridized carbons (Fsp3) is 0.125. The molecule has 0 unspecified atom stereocenters. The topological polar surface area (TPSA) is 98.5 Å². The Bertz CT molecular complexity index is 740. The second-order valence-corrected chi connectivity index (χ2v) is 4.68. The predicted octanol–water partition coefficient (Wildman–Crippen LogP) is 2.31. The number of hydrogen-bond acceptors (Lipinski definition) is 5. The maximum atomic E-state index is 12.0. The summed E-state index contributed by atoms with van der Waals surface area (Å²) in [6.45, 7) is 0.239. The molecule has 0 fully saturated rings. The number of esters is 1. The van der Waals surface area contributed by atoms with Crippen LogP contribution in [-0.2, 0) is 11.3 Å². The molecule has 7 nitrogen and oxygen atoms in total. The third kappa shape index (κ3) is 4.13. The maximum Gasteiger partial charge on any atom is 0.337 e. The molecule has 2 aromatic rings. The fourth-order valence-electron chi connectivity index (χ4n) is 1.92. The Labute approximate surface area is 132 Å². The average Bonchev–Trinajstić information content (AvgIpc) is 2.59. The highest BCUT2D eigenvalue weighted by atomic mass is 16.6. The number of benzene rings is 2. The molecule has 0 bridgehead atoms. The van der Waals surface area contributed by atoms with Crippen LogP contribution in [0.3, 0.4) is 0 Å². The number of carbonyl (C=O) groups excluding carboxylic acids is 2. The summed E-state index contributed by atoms with van der Waals surface area (Å²) in [5.41, 5.74) is 1.28. The molecular formula is C16H14N2O5. The van der Waals surface area contributed by atoms with Crippen molar-refractivity contribution in [1.82, 2.24) is 5.32 Å². The van der Waals surface area contributed by atoms with E-state index >= 15 is 0 Å². The van der Waals surface area contributed by atoms with Crippen molar-refractivity contribution in [1.29, 1.82) is 0 Å². The lowest BCUT2D eigenvalue weighted by Crippen LogP contribution is -2.22. The number of methoxy groups -OCH3 is 1. The smallest absolute Gasteiger partial charge is 0.337 e. The molecule has 2 rings (SSSR count). The summed E-state index contributed by atoms with van der Waals surface area (Å²) < 4.78 is 4.60. The number of carbonyl (C=O) groups is 2. The van der Waals surface area contributed by atoms with Gasteiger partial charge < -0.3 is 10.1 Å². The first-order chi connectivity index (χ1) is 11.0. The molecule has 0 aliphatic rings. The van der Waals surface area contributed by atoms with Crippen LogP contribution in [0.4, 0.5) is 5.69 Å². The van der Waals surface area contributed by atoms with Crippen molar-refractivity contribution in [2.45, 2.75) is 6.54 Å². The summed E-state index contributed by atoms with van der Waals surface area (Å²) in [4.78, 5) is 33.5. The highest BCUT2D eigenvalue weighted by molar-refractivity contribution is 5.94. The molecule has 118 valence electrons. The lowest BCUT2D eigenvalue weighted by atomic mass is 10.1. The monoisotopic (exact) mass is 314 g/mol. The lowest BCUT2D eigenvalue weighted by molar-refractivity contribution is -0.384. The summed E-state index contributed by atoms with van der Waals surface area (Å²) >= 11 is 0. The van der Waals surface area contributed by atoms with Gasteiger partial charge in [0.1, 0.15) is 0 Å².